The van der Waals surface area contributed by atoms with Crippen LogP contribution < -0.4 is 5.32 Å². The second-order valence-electron chi connectivity index (χ2n) is 6.94. The van der Waals surface area contributed by atoms with E-state index in [0.29, 0.717) is 0 Å². The minimum Gasteiger partial charge on any atom is -0.467 e. The summed E-state index contributed by atoms with van der Waals surface area (Å²) in [6.07, 6.45) is -0.742. The van der Waals surface area contributed by atoms with Gasteiger partial charge >= 0.3 is 12.1 Å². The van der Waals surface area contributed by atoms with Gasteiger partial charge < -0.3 is 14.8 Å². The highest BCUT2D eigenvalue weighted by Crippen LogP contribution is 2.08. The molecule has 0 bridgehead atoms. The number of hydrogen-bond acceptors (Lipinski definition) is 5. The highest BCUT2D eigenvalue weighted by Gasteiger charge is 2.26. The first-order valence-corrected chi connectivity index (χ1v) is 11.9. The van der Waals surface area contributed by atoms with Crippen molar-refractivity contribution in [1.82, 2.24) is 5.32 Å². The molecule has 0 rings (SSSR count). The van der Waals surface area contributed by atoms with Gasteiger partial charge in [-0.05, 0) is 26.2 Å². The summed E-state index contributed by atoms with van der Waals surface area (Å²) in [7, 11) is -1.63. The minimum atomic E-state index is -1.47. The number of amides is 1. The zero-order valence-corrected chi connectivity index (χ0v) is 16.2. The van der Waals surface area contributed by atoms with Crippen LogP contribution in [0.4, 0.5) is 4.79 Å². The molecule has 0 spiro atoms. The van der Waals surface area contributed by atoms with Crippen LogP contribution in [0.15, 0.2) is 11.1 Å². The van der Waals surface area contributed by atoms with Crippen LogP contribution in [0.25, 0.3) is 0 Å². The molecule has 0 saturated heterocycles. The molecule has 0 aromatic rings. The van der Waals surface area contributed by atoms with E-state index in [-0.39, 0.29) is 5.75 Å². The Hall–Kier alpha value is -1.15. The maximum Gasteiger partial charge on any atom is 0.408 e. The molecule has 2 atom stereocenters. The zero-order chi connectivity index (χ0) is 17.6. The third kappa shape index (κ3) is 10.6. The number of hydrogen-bond donors (Lipinski definition) is 1. The number of carbonyl (C=O) groups excluding carboxylic acids is 2. The van der Waals surface area contributed by atoms with E-state index in [2.05, 4.69) is 29.7 Å². The lowest BCUT2D eigenvalue weighted by Crippen LogP contribution is -2.46. The van der Waals surface area contributed by atoms with Crippen molar-refractivity contribution in [2.45, 2.75) is 52.1 Å². The maximum atomic E-state index is 12.0. The van der Waals surface area contributed by atoms with Crippen LogP contribution >= 0.6 is 0 Å². The molecule has 0 radical (unpaired) electrons. The largest absolute Gasteiger partial charge is 0.467 e. The molecule has 0 saturated carbocycles. The minimum absolute atomic E-state index is 0.0487. The zero-order valence-electron chi connectivity index (χ0n) is 14.4. The fourth-order valence-electron chi connectivity index (χ4n) is 1.26. The third-order valence-corrected chi connectivity index (χ3v) is 4.74. The first kappa shape index (κ1) is 20.8. The van der Waals surface area contributed by atoms with E-state index in [0.717, 1.165) is 0 Å². The summed E-state index contributed by atoms with van der Waals surface area (Å²) in [5.41, 5.74) is 1.26. The van der Waals surface area contributed by atoms with Crippen molar-refractivity contribution in [2.24, 2.45) is 0 Å². The van der Waals surface area contributed by atoms with Gasteiger partial charge in [0, 0.05) is 10.8 Å². The number of nitrogens with one attached hydrogen (secondary N) is 1. The standard InChI is InChI=1S/C14H27NO5SSi/c1-14(2,3)20-13(17)15-11(12(16)19-4)10-21(18)8-9-22(5,6)7/h8-9,11H,10H2,1-7H3,(H,15,17)/b9-8+/t11-,21+/m0/s1. The molecule has 1 N–H and O–H groups in total. The van der Waals surface area contributed by atoms with Gasteiger partial charge in [-0.1, -0.05) is 25.3 Å². The van der Waals surface area contributed by atoms with Gasteiger partial charge in [0.1, 0.15) is 11.6 Å². The van der Waals surface area contributed by atoms with Crippen LogP contribution in [-0.4, -0.2) is 48.9 Å². The van der Waals surface area contributed by atoms with E-state index in [1.54, 1.807) is 26.2 Å². The first-order valence-electron chi connectivity index (χ1n) is 6.98. The highest BCUT2D eigenvalue weighted by molar-refractivity contribution is 7.88. The molecule has 0 aliphatic rings. The Bertz CT molecular complexity index is 451. The second kappa shape index (κ2) is 8.47. The average Bonchev–Trinajstić information content (AvgIpc) is 2.31. The Labute approximate surface area is 136 Å². The Kier molecular flexibility index (Phi) is 8.03. The van der Waals surface area contributed by atoms with Gasteiger partial charge in [0.2, 0.25) is 0 Å². The molecule has 0 fully saturated rings. The maximum absolute atomic E-state index is 12.0. The van der Waals surface area contributed by atoms with Crippen molar-refractivity contribution >= 4 is 30.9 Å². The van der Waals surface area contributed by atoms with Gasteiger partial charge in [-0.25, -0.2) is 9.59 Å². The monoisotopic (exact) mass is 349 g/mol. The summed E-state index contributed by atoms with van der Waals surface area (Å²) in [5.74, 6) is -0.701. The summed E-state index contributed by atoms with van der Waals surface area (Å²) in [4.78, 5) is 23.4. The summed E-state index contributed by atoms with van der Waals surface area (Å²) in [6.45, 7) is 11.5. The number of ether oxygens (including phenoxy) is 2. The Morgan fingerprint density at radius 1 is 1.27 bits per heavy atom. The Morgan fingerprint density at radius 2 is 1.82 bits per heavy atom. The van der Waals surface area contributed by atoms with Crippen LogP contribution in [0.2, 0.25) is 19.6 Å². The number of methoxy groups -OCH3 is 1. The molecule has 0 aliphatic heterocycles. The topological polar surface area (TPSA) is 81.7 Å². The SMILES string of the molecule is COC(=O)[C@H](C[S@](=O)/C=C/[Si](C)(C)C)NC(=O)OC(C)(C)C. The van der Waals surface area contributed by atoms with Gasteiger partial charge in [-0.3, -0.25) is 4.21 Å². The van der Waals surface area contributed by atoms with E-state index in [1.807, 2.05) is 5.70 Å². The van der Waals surface area contributed by atoms with Crippen molar-refractivity contribution in [3.8, 4) is 0 Å². The number of esters is 1. The van der Waals surface area contributed by atoms with Gasteiger partial charge in [-0.2, -0.15) is 0 Å². The predicted molar refractivity (Wildman–Crippen MR) is 90.7 cm³/mol. The fraction of sp³-hybridized carbons (Fsp3) is 0.714. The normalized spacial score (nSPS) is 15.2. The van der Waals surface area contributed by atoms with Gasteiger partial charge in [0.15, 0.2) is 0 Å². The van der Waals surface area contributed by atoms with Crippen LogP contribution in [0.3, 0.4) is 0 Å². The average molecular weight is 350 g/mol. The molecule has 0 heterocycles. The van der Waals surface area contributed by atoms with E-state index in [4.69, 9.17) is 4.74 Å². The molecule has 8 heteroatoms. The lowest BCUT2D eigenvalue weighted by atomic mass is 10.2. The number of alkyl carbamates (subject to hydrolysis) is 1. The van der Waals surface area contributed by atoms with Crippen molar-refractivity contribution < 1.29 is 23.3 Å². The highest BCUT2D eigenvalue weighted by atomic mass is 32.2. The molecule has 22 heavy (non-hydrogen) atoms. The van der Waals surface area contributed by atoms with E-state index >= 15 is 0 Å². The first-order chi connectivity index (χ1) is 9.84. The lowest BCUT2D eigenvalue weighted by molar-refractivity contribution is -0.142. The second-order valence-corrected chi connectivity index (χ2v) is 13.4. The quantitative estimate of drug-likeness (QED) is 0.587. The Morgan fingerprint density at radius 3 is 2.23 bits per heavy atom. The molecule has 0 aromatic carbocycles. The van der Waals surface area contributed by atoms with Crippen molar-refractivity contribution in [3.05, 3.63) is 11.1 Å². The number of rotatable bonds is 6. The summed E-state index contributed by atoms with van der Waals surface area (Å²) in [6, 6.07) is -1.01. The molecule has 1 amide bonds. The summed E-state index contributed by atoms with van der Waals surface area (Å²) in [5, 5.41) is 3.98. The van der Waals surface area contributed by atoms with Crippen LogP contribution in [0.5, 0.6) is 0 Å². The van der Waals surface area contributed by atoms with E-state index in [1.165, 1.54) is 7.11 Å². The summed E-state index contributed by atoms with van der Waals surface area (Å²) < 4.78 is 21.8. The molecule has 0 aliphatic carbocycles. The van der Waals surface area contributed by atoms with Gasteiger partial charge in [-0.15, -0.1) is 0 Å². The lowest BCUT2D eigenvalue weighted by Gasteiger charge is -2.22. The molecule has 0 aromatic heterocycles. The summed E-state index contributed by atoms with van der Waals surface area (Å²) >= 11 is 0. The predicted octanol–water partition coefficient (Wildman–Crippen LogP) is 2.19. The van der Waals surface area contributed by atoms with Crippen molar-refractivity contribution in [2.75, 3.05) is 12.9 Å². The molecular formula is C14H27NO5SSi. The van der Waals surface area contributed by atoms with Crippen LogP contribution in [-0.2, 0) is 25.1 Å². The van der Waals surface area contributed by atoms with Crippen molar-refractivity contribution in [1.29, 1.82) is 0 Å². The molecule has 6 nitrogen and oxygen atoms in total. The fourth-order valence-corrected chi connectivity index (χ4v) is 4.16. The third-order valence-electron chi connectivity index (χ3n) is 2.23. The molecule has 0 unspecified atom stereocenters. The molecular weight excluding hydrogens is 322 g/mol. The Balaban J connectivity index is 4.80. The van der Waals surface area contributed by atoms with Crippen LogP contribution in [0.1, 0.15) is 20.8 Å². The number of carbonyl (C=O) groups is 2. The van der Waals surface area contributed by atoms with Gasteiger partial charge in [0.05, 0.1) is 20.9 Å². The molecule has 128 valence electrons. The van der Waals surface area contributed by atoms with Crippen molar-refractivity contribution in [3.63, 3.8) is 0 Å². The van der Waals surface area contributed by atoms with E-state index in [9.17, 15) is 13.8 Å². The smallest absolute Gasteiger partial charge is 0.408 e. The van der Waals surface area contributed by atoms with E-state index < -0.39 is 42.6 Å². The van der Waals surface area contributed by atoms with Gasteiger partial charge in [0.25, 0.3) is 0 Å². The van der Waals surface area contributed by atoms with Crippen LogP contribution in [0, 0.1) is 0 Å².